The van der Waals surface area contributed by atoms with Crippen molar-refractivity contribution in [3.8, 4) is 5.82 Å². The average molecular weight is 406 g/mol. The molecule has 0 unspecified atom stereocenters. The second kappa shape index (κ2) is 9.04. The topological polar surface area (TPSA) is 85.2 Å². The Balaban J connectivity index is 1.43. The molecule has 1 fully saturated rings. The summed E-state index contributed by atoms with van der Waals surface area (Å²) in [5.74, 6) is 1.51. The molecular weight excluding hydrogens is 380 g/mol. The first-order valence-electron chi connectivity index (χ1n) is 10.2. The zero-order chi connectivity index (χ0) is 20.9. The number of nitrogens with zero attached hydrogens (tertiary/aromatic N) is 5. The first kappa shape index (κ1) is 20.0. The van der Waals surface area contributed by atoms with E-state index >= 15 is 0 Å². The lowest BCUT2D eigenvalue weighted by Crippen LogP contribution is -2.36. The summed E-state index contributed by atoms with van der Waals surface area (Å²) in [6.07, 6.45) is 1.01. The highest BCUT2D eigenvalue weighted by atomic mass is 16.5. The lowest BCUT2D eigenvalue weighted by atomic mass is 10.1. The van der Waals surface area contributed by atoms with Crippen LogP contribution >= 0.6 is 0 Å². The fraction of sp³-hybridized carbons (Fsp3) is 0.364. The van der Waals surface area contributed by atoms with E-state index < -0.39 is 0 Å². The van der Waals surface area contributed by atoms with Gasteiger partial charge in [-0.15, -0.1) is 10.2 Å². The van der Waals surface area contributed by atoms with Crippen LogP contribution in [0.15, 0.2) is 42.5 Å². The van der Waals surface area contributed by atoms with Crippen LogP contribution in [0.25, 0.3) is 5.82 Å². The van der Waals surface area contributed by atoms with Gasteiger partial charge in [0.1, 0.15) is 0 Å². The molecule has 8 nitrogen and oxygen atoms in total. The van der Waals surface area contributed by atoms with Crippen molar-refractivity contribution in [2.75, 3.05) is 36.5 Å². The fourth-order valence-electron chi connectivity index (χ4n) is 3.64. The molecule has 3 aromatic rings. The third kappa shape index (κ3) is 4.49. The number of ether oxygens (including phenoxy) is 1. The zero-order valence-electron chi connectivity index (χ0n) is 17.3. The van der Waals surface area contributed by atoms with Crippen LogP contribution in [0.1, 0.15) is 23.4 Å². The van der Waals surface area contributed by atoms with E-state index in [2.05, 4.69) is 25.5 Å². The molecule has 156 valence electrons. The lowest BCUT2D eigenvalue weighted by molar-refractivity contribution is -0.116. The van der Waals surface area contributed by atoms with Crippen LogP contribution in [-0.4, -0.2) is 52.2 Å². The predicted octanol–water partition coefficient (Wildman–Crippen LogP) is 2.69. The second-order valence-corrected chi connectivity index (χ2v) is 7.32. The van der Waals surface area contributed by atoms with Crippen molar-refractivity contribution < 1.29 is 9.53 Å². The quantitative estimate of drug-likeness (QED) is 0.678. The molecule has 1 amide bonds. The van der Waals surface area contributed by atoms with E-state index in [-0.39, 0.29) is 5.91 Å². The molecule has 4 rings (SSSR count). The Labute approximate surface area is 175 Å². The average Bonchev–Trinajstić information content (AvgIpc) is 3.07. The minimum Gasteiger partial charge on any atom is -0.378 e. The maximum Gasteiger partial charge on any atom is 0.224 e. The molecule has 1 aliphatic heterocycles. The Kier molecular flexibility index (Phi) is 6.04. The Morgan fingerprint density at radius 1 is 1.03 bits per heavy atom. The number of nitrogens with one attached hydrogen (secondary N) is 1. The van der Waals surface area contributed by atoms with Gasteiger partial charge in [-0.1, -0.05) is 18.2 Å². The molecule has 3 heterocycles. The smallest absolute Gasteiger partial charge is 0.224 e. The lowest BCUT2D eigenvalue weighted by Gasteiger charge is -2.27. The van der Waals surface area contributed by atoms with Gasteiger partial charge in [0.25, 0.3) is 0 Å². The van der Waals surface area contributed by atoms with Crippen molar-refractivity contribution in [3.05, 3.63) is 59.4 Å². The molecule has 0 saturated carbocycles. The number of aryl methyl sites for hydroxylation is 1. The molecule has 1 saturated heterocycles. The largest absolute Gasteiger partial charge is 0.378 e. The molecular formula is C22H26N6O2. The molecule has 0 atom stereocenters. The molecule has 0 radical (unpaired) electrons. The number of morpholine rings is 1. The highest BCUT2D eigenvalue weighted by Crippen LogP contribution is 2.20. The number of carbonyl (C=O) groups excluding carboxylic acids is 1. The summed E-state index contributed by atoms with van der Waals surface area (Å²) in [5, 5.41) is 16.3. The van der Waals surface area contributed by atoms with Crippen LogP contribution in [0, 0.1) is 13.8 Å². The van der Waals surface area contributed by atoms with E-state index in [0.29, 0.717) is 31.9 Å². The van der Waals surface area contributed by atoms with Gasteiger partial charge >= 0.3 is 0 Å². The summed E-state index contributed by atoms with van der Waals surface area (Å²) in [4.78, 5) is 14.5. The number of carbonyl (C=O) groups is 1. The summed E-state index contributed by atoms with van der Waals surface area (Å²) in [6, 6.07) is 13.4. The van der Waals surface area contributed by atoms with Crippen molar-refractivity contribution in [1.82, 2.24) is 20.0 Å². The molecule has 1 aromatic carbocycles. The van der Waals surface area contributed by atoms with Crippen molar-refractivity contribution in [1.29, 1.82) is 0 Å². The molecule has 1 N–H and O–H groups in total. The zero-order valence-corrected chi connectivity index (χ0v) is 17.3. The van der Waals surface area contributed by atoms with Crippen molar-refractivity contribution in [2.45, 2.75) is 26.7 Å². The minimum absolute atomic E-state index is 0.0117. The number of amides is 1. The second-order valence-electron chi connectivity index (χ2n) is 7.32. The van der Waals surface area contributed by atoms with E-state index in [1.165, 1.54) is 0 Å². The number of anilines is 2. The van der Waals surface area contributed by atoms with Gasteiger partial charge < -0.3 is 15.0 Å². The minimum atomic E-state index is -0.0117. The molecule has 0 spiro atoms. The maximum atomic E-state index is 12.3. The highest BCUT2D eigenvalue weighted by Gasteiger charge is 2.17. The van der Waals surface area contributed by atoms with Gasteiger partial charge in [-0.2, -0.15) is 5.10 Å². The first-order valence-corrected chi connectivity index (χ1v) is 10.2. The first-order chi connectivity index (χ1) is 14.6. The Bertz CT molecular complexity index is 994. The number of rotatable bonds is 6. The molecule has 8 heteroatoms. The molecule has 0 bridgehead atoms. The monoisotopic (exact) mass is 406 g/mol. The number of hydrogen-bond acceptors (Lipinski definition) is 6. The summed E-state index contributed by atoms with van der Waals surface area (Å²) in [7, 11) is 0. The van der Waals surface area contributed by atoms with E-state index in [1.807, 2.05) is 56.3 Å². The van der Waals surface area contributed by atoms with Crippen LogP contribution in [0.2, 0.25) is 0 Å². The SMILES string of the molecule is Cc1nn(-c2ccc(N3CCOCC3)nn2)c(C)c1CCC(=O)Nc1ccccc1. The van der Waals surface area contributed by atoms with Crippen molar-refractivity contribution in [3.63, 3.8) is 0 Å². The molecule has 0 aliphatic carbocycles. The van der Waals surface area contributed by atoms with Gasteiger partial charge in [-0.25, -0.2) is 4.68 Å². The van der Waals surface area contributed by atoms with Gasteiger partial charge in [0.05, 0.1) is 18.9 Å². The van der Waals surface area contributed by atoms with Crippen LogP contribution in [0.3, 0.4) is 0 Å². The molecule has 2 aromatic heterocycles. The number of benzene rings is 1. The van der Waals surface area contributed by atoms with Gasteiger partial charge in [0.2, 0.25) is 5.91 Å². The van der Waals surface area contributed by atoms with Crippen LogP contribution in [-0.2, 0) is 16.0 Å². The van der Waals surface area contributed by atoms with Crippen LogP contribution < -0.4 is 10.2 Å². The van der Waals surface area contributed by atoms with Crippen LogP contribution in [0.4, 0.5) is 11.5 Å². The molecule has 1 aliphatic rings. The van der Waals surface area contributed by atoms with E-state index in [9.17, 15) is 4.79 Å². The predicted molar refractivity (Wildman–Crippen MR) is 115 cm³/mol. The third-order valence-electron chi connectivity index (χ3n) is 5.29. The summed E-state index contributed by atoms with van der Waals surface area (Å²) >= 11 is 0. The van der Waals surface area contributed by atoms with Gasteiger partial charge in [0.15, 0.2) is 11.6 Å². The van der Waals surface area contributed by atoms with Crippen LogP contribution in [0.5, 0.6) is 0 Å². The van der Waals surface area contributed by atoms with Gasteiger partial charge in [0, 0.05) is 30.9 Å². The summed E-state index contributed by atoms with van der Waals surface area (Å²) in [5.41, 5.74) is 3.76. The van der Waals surface area contributed by atoms with Gasteiger partial charge in [-0.3, -0.25) is 4.79 Å². The standard InChI is InChI=1S/C22H26N6O2/c1-16-19(8-11-22(29)23-18-6-4-3-5-7-18)17(2)28(26-16)21-10-9-20(24-25-21)27-12-14-30-15-13-27/h3-7,9-10H,8,11-15H2,1-2H3,(H,23,29). The number of aromatic nitrogens is 4. The Hall–Kier alpha value is -3.26. The summed E-state index contributed by atoms with van der Waals surface area (Å²) < 4.78 is 7.19. The van der Waals surface area contributed by atoms with E-state index in [4.69, 9.17) is 4.74 Å². The Morgan fingerprint density at radius 2 is 1.73 bits per heavy atom. The summed E-state index contributed by atoms with van der Waals surface area (Å²) in [6.45, 7) is 7.03. The van der Waals surface area contributed by atoms with Crippen molar-refractivity contribution in [2.24, 2.45) is 0 Å². The highest BCUT2D eigenvalue weighted by molar-refractivity contribution is 5.90. The number of hydrogen-bond donors (Lipinski definition) is 1. The number of para-hydroxylation sites is 1. The van der Waals surface area contributed by atoms with Crippen molar-refractivity contribution >= 4 is 17.4 Å². The third-order valence-corrected chi connectivity index (χ3v) is 5.29. The fourth-order valence-corrected chi connectivity index (χ4v) is 3.64. The van der Waals surface area contributed by atoms with E-state index in [1.54, 1.807) is 4.68 Å². The van der Waals surface area contributed by atoms with Gasteiger partial charge in [-0.05, 0) is 50.1 Å². The normalized spacial score (nSPS) is 14.0. The molecule has 30 heavy (non-hydrogen) atoms. The maximum absolute atomic E-state index is 12.3. The Morgan fingerprint density at radius 3 is 2.43 bits per heavy atom. The van der Waals surface area contributed by atoms with E-state index in [0.717, 1.165) is 41.5 Å².